The summed E-state index contributed by atoms with van der Waals surface area (Å²) in [6.07, 6.45) is 0. The molecule has 0 saturated heterocycles. The smallest absolute Gasteiger partial charge is 0.344 e. The highest BCUT2D eigenvalue weighted by Gasteiger charge is 2.19. The Morgan fingerprint density at radius 2 is 1.19 bits per heavy atom. The van der Waals surface area contributed by atoms with Gasteiger partial charge in [-0.05, 0) is 133 Å². The fraction of sp³-hybridized carbons (Fsp3) is 0.0732. The third-order valence-corrected chi connectivity index (χ3v) is 8.96. The second-order valence-electron chi connectivity index (χ2n) is 12.0. The van der Waals surface area contributed by atoms with E-state index in [0.29, 0.717) is 56.1 Å². The number of nitro groups is 1. The number of benzene rings is 6. The largest absolute Gasteiger partial charge is 0.478 e. The number of nitro benzene ring substituents is 1. The number of carboxylic acid groups (broad SMARTS) is 1. The maximum atomic E-state index is 12.9. The van der Waals surface area contributed by atoms with Crippen molar-refractivity contribution >= 4 is 28.7 Å². The zero-order valence-corrected chi connectivity index (χ0v) is 30.6. The number of rotatable bonds is 17. The van der Waals surface area contributed by atoms with Gasteiger partial charge in [0.05, 0.1) is 20.9 Å². The Morgan fingerprint density at radius 3 is 1.75 bits per heavy atom. The highest BCUT2D eigenvalue weighted by Crippen LogP contribution is 2.29. The molecule has 0 aliphatic rings. The number of carbonyl (C=O) groups excluding carboxylic acids is 1. The molecule has 290 valence electrons. The van der Waals surface area contributed by atoms with E-state index in [4.69, 9.17) is 33.4 Å². The van der Waals surface area contributed by atoms with Gasteiger partial charge in [-0.2, -0.15) is 4.89 Å². The SMILES string of the molecule is Cc1ccc(C(=O)O)c(C(=O)Oc2ccc(Oc3ccc(S(=O)Oc4ccc(Oc5ccc(OOCc6cc([N+](=O)[O-])ccc6COO)cc5)cc4)cc3)cc2)c1. The van der Waals surface area contributed by atoms with Gasteiger partial charge in [0.15, 0.2) is 5.75 Å². The van der Waals surface area contributed by atoms with E-state index >= 15 is 0 Å². The van der Waals surface area contributed by atoms with E-state index < -0.39 is 27.9 Å². The number of hydrogen-bond donors (Lipinski definition) is 2. The molecule has 15 nitrogen and oxygen atoms in total. The van der Waals surface area contributed by atoms with Crippen molar-refractivity contribution < 1.29 is 62.1 Å². The lowest BCUT2D eigenvalue weighted by atomic mass is 10.0. The molecule has 0 radical (unpaired) electrons. The molecular formula is C41H31NO14S. The van der Waals surface area contributed by atoms with Gasteiger partial charge in [-0.25, -0.2) is 18.7 Å². The van der Waals surface area contributed by atoms with Gasteiger partial charge in [-0.1, -0.05) is 11.6 Å². The topological polar surface area (TPSA) is 199 Å². The van der Waals surface area contributed by atoms with Crippen molar-refractivity contribution in [1.82, 2.24) is 0 Å². The molecule has 0 aliphatic heterocycles. The fourth-order valence-corrected chi connectivity index (χ4v) is 5.88. The van der Waals surface area contributed by atoms with Crippen LogP contribution in [0.5, 0.6) is 40.2 Å². The maximum absolute atomic E-state index is 12.9. The van der Waals surface area contributed by atoms with Gasteiger partial charge in [0, 0.05) is 12.1 Å². The van der Waals surface area contributed by atoms with Crippen molar-refractivity contribution in [2.24, 2.45) is 0 Å². The molecular weight excluding hydrogens is 763 g/mol. The van der Waals surface area contributed by atoms with Crippen molar-refractivity contribution in [1.29, 1.82) is 0 Å². The molecule has 0 fully saturated rings. The van der Waals surface area contributed by atoms with Gasteiger partial charge in [0.2, 0.25) is 11.1 Å². The van der Waals surface area contributed by atoms with Crippen molar-refractivity contribution in [2.75, 3.05) is 0 Å². The highest BCUT2D eigenvalue weighted by atomic mass is 32.2. The predicted molar refractivity (Wildman–Crippen MR) is 202 cm³/mol. The minimum absolute atomic E-state index is 0.0535. The maximum Gasteiger partial charge on any atom is 0.344 e. The Hall–Kier alpha value is -7.11. The summed E-state index contributed by atoms with van der Waals surface area (Å²) in [7, 11) is 0. The van der Waals surface area contributed by atoms with E-state index in [1.165, 1.54) is 42.5 Å². The van der Waals surface area contributed by atoms with Crippen LogP contribution in [-0.2, 0) is 34.1 Å². The normalized spacial score (nSPS) is 11.3. The zero-order chi connectivity index (χ0) is 40.3. The summed E-state index contributed by atoms with van der Waals surface area (Å²) < 4.78 is 35.6. The Bertz CT molecular complexity index is 2380. The Balaban J connectivity index is 0.958. The standard InChI is InChI=1S/C41H31NO14S/c1-26-2-21-38(40(43)44)39(22-26)41(45)54-34-7-5-30(6-8-34)53-33-17-19-37(20-18-33)57(49)56-36-15-11-32(12-16-36)52-31-9-13-35(14-10-31)55-51-25-28-23-29(42(46)47)4-3-27(28)24-50-48/h2-23,48H,24-25H2,1H3,(H,43,44). The molecule has 6 rings (SSSR count). The molecule has 0 amide bonds. The van der Waals surface area contributed by atoms with Crippen LogP contribution in [0.2, 0.25) is 0 Å². The molecule has 57 heavy (non-hydrogen) atoms. The molecule has 0 bridgehead atoms. The number of hydrogen-bond acceptors (Lipinski definition) is 13. The van der Waals surface area contributed by atoms with Crippen molar-refractivity contribution in [2.45, 2.75) is 25.0 Å². The summed E-state index contributed by atoms with van der Waals surface area (Å²) in [6, 6.07) is 34.1. The Morgan fingerprint density at radius 1 is 0.649 bits per heavy atom. The highest BCUT2D eigenvalue weighted by molar-refractivity contribution is 7.80. The van der Waals surface area contributed by atoms with Gasteiger partial charge in [-0.3, -0.25) is 15.4 Å². The third kappa shape index (κ3) is 10.8. The molecule has 0 aliphatic carbocycles. The van der Waals surface area contributed by atoms with Crippen molar-refractivity contribution in [3.8, 4) is 40.2 Å². The molecule has 6 aromatic rings. The lowest BCUT2D eigenvalue weighted by Gasteiger charge is -2.10. The zero-order valence-electron chi connectivity index (χ0n) is 29.8. The molecule has 16 heteroatoms. The van der Waals surface area contributed by atoms with Crippen LogP contribution in [0, 0.1) is 17.0 Å². The lowest BCUT2D eigenvalue weighted by Crippen LogP contribution is -2.14. The van der Waals surface area contributed by atoms with Gasteiger partial charge < -0.3 is 28.4 Å². The number of aryl methyl sites for hydroxylation is 1. The van der Waals surface area contributed by atoms with Crippen LogP contribution in [0.15, 0.2) is 138 Å². The summed E-state index contributed by atoms with van der Waals surface area (Å²) in [6.45, 7) is 1.42. The van der Waals surface area contributed by atoms with Crippen molar-refractivity contribution in [3.05, 3.63) is 171 Å². The van der Waals surface area contributed by atoms with Crippen LogP contribution in [0.1, 0.15) is 37.4 Å². The second kappa shape index (κ2) is 18.5. The van der Waals surface area contributed by atoms with Crippen LogP contribution in [0.25, 0.3) is 0 Å². The van der Waals surface area contributed by atoms with Gasteiger partial charge in [0.25, 0.3) is 5.69 Å². The fourth-order valence-electron chi connectivity index (χ4n) is 5.14. The van der Waals surface area contributed by atoms with Crippen LogP contribution in [0.3, 0.4) is 0 Å². The minimum atomic E-state index is -1.84. The number of non-ortho nitro benzene ring substituents is 1. The number of esters is 1. The number of aromatic carboxylic acids is 1. The van der Waals surface area contributed by atoms with E-state index in [2.05, 4.69) is 4.89 Å². The molecule has 1 unspecified atom stereocenters. The average Bonchev–Trinajstić information content (AvgIpc) is 3.20. The van der Waals surface area contributed by atoms with E-state index in [9.17, 15) is 29.0 Å². The van der Waals surface area contributed by atoms with E-state index in [1.54, 1.807) is 97.9 Å². The first kappa shape index (κ1) is 39.6. The molecule has 1 atom stereocenters. The van der Waals surface area contributed by atoms with Crippen LogP contribution >= 0.6 is 0 Å². The summed E-state index contributed by atoms with van der Waals surface area (Å²) in [5, 5.41) is 29.3. The monoisotopic (exact) mass is 793 g/mol. The number of ether oxygens (including phenoxy) is 3. The van der Waals surface area contributed by atoms with E-state index in [0.717, 1.165) is 0 Å². The summed E-state index contributed by atoms with van der Waals surface area (Å²) in [4.78, 5) is 49.9. The van der Waals surface area contributed by atoms with Gasteiger partial charge in [0.1, 0.15) is 47.7 Å². The Labute approximate surface area is 326 Å². The van der Waals surface area contributed by atoms with Crippen LogP contribution < -0.4 is 23.3 Å². The van der Waals surface area contributed by atoms with Crippen molar-refractivity contribution in [3.63, 3.8) is 0 Å². The van der Waals surface area contributed by atoms with Crippen LogP contribution in [0.4, 0.5) is 5.69 Å². The molecule has 0 saturated carbocycles. The number of nitrogens with zero attached hydrogens (tertiary/aromatic N) is 1. The molecule has 0 heterocycles. The molecule has 0 aromatic heterocycles. The molecule has 0 spiro atoms. The quantitative estimate of drug-likeness (QED) is 0.0291. The summed E-state index contributed by atoms with van der Waals surface area (Å²) in [5.41, 5.74) is 1.26. The lowest BCUT2D eigenvalue weighted by molar-refractivity contribution is -0.385. The Kier molecular flexibility index (Phi) is 12.8. The summed E-state index contributed by atoms with van der Waals surface area (Å²) >= 11 is -1.84. The minimum Gasteiger partial charge on any atom is -0.478 e. The first-order chi connectivity index (χ1) is 27.5. The summed E-state index contributed by atoms with van der Waals surface area (Å²) in [5.74, 6) is 0.687. The predicted octanol–water partition coefficient (Wildman–Crippen LogP) is 9.01. The first-order valence-corrected chi connectivity index (χ1v) is 17.9. The first-order valence-electron chi connectivity index (χ1n) is 16.8. The number of carboxylic acids is 1. The average molecular weight is 794 g/mol. The van der Waals surface area contributed by atoms with Gasteiger partial charge >= 0.3 is 11.9 Å². The van der Waals surface area contributed by atoms with Gasteiger partial charge in [-0.15, -0.1) is 0 Å². The van der Waals surface area contributed by atoms with E-state index in [1.807, 2.05) is 0 Å². The molecule has 6 aromatic carbocycles. The second-order valence-corrected chi connectivity index (χ2v) is 13.1. The van der Waals surface area contributed by atoms with Crippen LogP contribution in [-0.4, -0.2) is 31.4 Å². The van der Waals surface area contributed by atoms with E-state index in [-0.39, 0.29) is 35.8 Å². The molecule has 2 N–H and O–H groups in total. The number of carbonyl (C=O) groups is 2. The third-order valence-electron chi connectivity index (χ3n) is 7.96.